The molecule has 1 aromatic rings. The Kier molecular flexibility index (Phi) is 4.12. The molecule has 3 heteroatoms. The molecular weight excluding hydrogens is 190 g/mol. The van der Waals surface area contributed by atoms with Crippen molar-refractivity contribution in [2.24, 2.45) is 0 Å². The number of anilines is 1. The maximum Gasteiger partial charge on any atom is 0.0808 e. The fourth-order valence-corrected chi connectivity index (χ4v) is 1.43. The molecule has 1 atom stereocenters. The van der Waals surface area contributed by atoms with Crippen molar-refractivity contribution in [2.45, 2.75) is 19.4 Å². The normalized spacial score (nSPS) is 14.7. The average molecular weight is 209 g/mol. The SMILES string of the molecule is COCC(C)(CO)Nc1ccc(C)cc1. The minimum absolute atomic E-state index is 0.0364. The van der Waals surface area contributed by atoms with Gasteiger partial charge in [-0.1, -0.05) is 17.7 Å². The van der Waals surface area contributed by atoms with E-state index >= 15 is 0 Å². The van der Waals surface area contributed by atoms with Gasteiger partial charge in [0, 0.05) is 12.8 Å². The highest BCUT2D eigenvalue weighted by Gasteiger charge is 2.22. The van der Waals surface area contributed by atoms with Gasteiger partial charge in [0.05, 0.1) is 18.8 Å². The Hall–Kier alpha value is -1.06. The number of ether oxygens (including phenoxy) is 1. The van der Waals surface area contributed by atoms with Crippen molar-refractivity contribution >= 4 is 5.69 Å². The zero-order chi connectivity index (χ0) is 11.3. The Balaban J connectivity index is 2.70. The molecular formula is C12H19NO2. The second-order valence-corrected chi connectivity index (χ2v) is 4.14. The van der Waals surface area contributed by atoms with Crippen molar-refractivity contribution in [3.05, 3.63) is 29.8 Å². The van der Waals surface area contributed by atoms with Crippen molar-refractivity contribution in [2.75, 3.05) is 25.6 Å². The molecule has 0 aliphatic heterocycles. The number of benzene rings is 1. The molecule has 0 amide bonds. The highest BCUT2D eigenvalue weighted by Crippen LogP contribution is 2.16. The van der Waals surface area contributed by atoms with Crippen molar-refractivity contribution in [3.63, 3.8) is 0 Å². The topological polar surface area (TPSA) is 41.5 Å². The van der Waals surface area contributed by atoms with Crippen LogP contribution in [0.3, 0.4) is 0 Å². The first-order valence-corrected chi connectivity index (χ1v) is 5.04. The molecule has 84 valence electrons. The summed E-state index contributed by atoms with van der Waals surface area (Å²) in [6, 6.07) is 8.07. The summed E-state index contributed by atoms with van der Waals surface area (Å²) in [5.74, 6) is 0. The van der Waals surface area contributed by atoms with E-state index in [1.54, 1.807) is 7.11 Å². The lowest BCUT2D eigenvalue weighted by atomic mass is 10.0. The van der Waals surface area contributed by atoms with Crippen LogP contribution in [0.5, 0.6) is 0 Å². The predicted molar refractivity (Wildman–Crippen MR) is 62.2 cm³/mol. The number of aliphatic hydroxyl groups excluding tert-OH is 1. The fourth-order valence-electron chi connectivity index (χ4n) is 1.43. The van der Waals surface area contributed by atoms with E-state index in [1.807, 2.05) is 38.1 Å². The number of rotatable bonds is 5. The van der Waals surface area contributed by atoms with E-state index < -0.39 is 5.54 Å². The first-order valence-electron chi connectivity index (χ1n) is 5.04. The minimum Gasteiger partial charge on any atom is -0.394 e. The first kappa shape index (κ1) is 12.0. The number of nitrogens with one attached hydrogen (secondary N) is 1. The van der Waals surface area contributed by atoms with Crippen molar-refractivity contribution in [3.8, 4) is 0 Å². The number of hydrogen-bond acceptors (Lipinski definition) is 3. The van der Waals surface area contributed by atoms with E-state index in [-0.39, 0.29) is 6.61 Å². The number of methoxy groups -OCH3 is 1. The van der Waals surface area contributed by atoms with Crippen LogP contribution >= 0.6 is 0 Å². The summed E-state index contributed by atoms with van der Waals surface area (Å²) in [4.78, 5) is 0. The van der Waals surface area contributed by atoms with Gasteiger partial charge in [0.25, 0.3) is 0 Å². The predicted octanol–water partition coefficient (Wildman–Crippen LogP) is 1.80. The molecule has 0 heterocycles. The summed E-state index contributed by atoms with van der Waals surface area (Å²) in [7, 11) is 1.63. The van der Waals surface area contributed by atoms with Crippen molar-refractivity contribution in [1.29, 1.82) is 0 Å². The summed E-state index contributed by atoms with van der Waals surface area (Å²) in [5, 5.41) is 12.5. The van der Waals surface area contributed by atoms with Crippen LogP contribution in [0.25, 0.3) is 0 Å². The Morgan fingerprint density at radius 3 is 2.40 bits per heavy atom. The van der Waals surface area contributed by atoms with Gasteiger partial charge in [-0.15, -0.1) is 0 Å². The lowest BCUT2D eigenvalue weighted by Gasteiger charge is -2.29. The smallest absolute Gasteiger partial charge is 0.0808 e. The van der Waals surface area contributed by atoms with Crippen LogP contribution in [-0.2, 0) is 4.74 Å². The highest BCUT2D eigenvalue weighted by molar-refractivity contribution is 5.46. The second kappa shape index (κ2) is 5.14. The Morgan fingerprint density at radius 2 is 1.93 bits per heavy atom. The van der Waals surface area contributed by atoms with Crippen LogP contribution in [0.1, 0.15) is 12.5 Å². The monoisotopic (exact) mass is 209 g/mol. The van der Waals surface area contributed by atoms with Gasteiger partial charge in [-0.3, -0.25) is 0 Å². The highest BCUT2D eigenvalue weighted by atomic mass is 16.5. The minimum atomic E-state index is -0.427. The Bertz CT molecular complexity index is 297. The maximum absolute atomic E-state index is 9.29. The zero-order valence-corrected chi connectivity index (χ0v) is 9.58. The summed E-state index contributed by atoms with van der Waals surface area (Å²) < 4.78 is 5.07. The summed E-state index contributed by atoms with van der Waals surface area (Å²) >= 11 is 0. The molecule has 1 rings (SSSR count). The largest absolute Gasteiger partial charge is 0.394 e. The molecule has 0 saturated carbocycles. The second-order valence-electron chi connectivity index (χ2n) is 4.14. The van der Waals surface area contributed by atoms with Gasteiger partial charge in [-0.05, 0) is 26.0 Å². The molecule has 0 saturated heterocycles. The molecule has 1 aromatic carbocycles. The fraction of sp³-hybridized carbons (Fsp3) is 0.500. The third-order valence-electron chi connectivity index (χ3n) is 2.31. The van der Waals surface area contributed by atoms with Crippen LogP contribution in [0.2, 0.25) is 0 Å². The molecule has 0 fully saturated rings. The standard InChI is InChI=1S/C12H19NO2/c1-10-4-6-11(7-5-10)13-12(2,8-14)9-15-3/h4-7,13-14H,8-9H2,1-3H3. The number of aliphatic hydroxyl groups is 1. The van der Waals surface area contributed by atoms with Gasteiger partial charge in [0.1, 0.15) is 0 Å². The lowest BCUT2D eigenvalue weighted by molar-refractivity contribution is 0.108. The van der Waals surface area contributed by atoms with Crippen LogP contribution in [0, 0.1) is 6.92 Å². The molecule has 0 spiro atoms. The quantitative estimate of drug-likeness (QED) is 0.777. The Morgan fingerprint density at radius 1 is 1.33 bits per heavy atom. The third kappa shape index (κ3) is 3.53. The van der Waals surface area contributed by atoms with E-state index in [4.69, 9.17) is 4.74 Å². The average Bonchev–Trinajstić information content (AvgIpc) is 2.22. The van der Waals surface area contributed by atoms with E-state index in [0.29, 0.717) is 6.61 Å². The van der Waals surface area contributed by atoms with Crippen molar-refractivity contribution in [1.82, 2.24) is 0 Å². The van der Waals surface area contributed by atoms with Gasteiger partial charge in [-0.2, -0.15) is 0 Å². The van der Waals surface area contributed by atoms with E-state index in [9.17, 15) is 5.11 Å². The number of hydrogen-bond donors (Lipinski definition) is 2. The van der Waals surface area contributed by atoms with Gasteiger partial charge in [-0.25, -0.2) is 0 Å². The molecule has 1 unspecified atom stereocenters. The summed E-state index contributed by atoms with van der Waals surface area (Å²) in [6.07, 6.45) is 0. The Labute approximate surface area is 91.1 Å². The molecule has 0 aliphatic rings. The van der Waals surface area contributed by atoms with Crippen LogP contribution in [-0.4, -0.2) is 31.0 Å². The zero-order valence-electron chi connectivity index (χ0n) is 9.58. The van der Waals surface area contributed by atoms with Gasteiger partial charge >= 0.3 is 0 Å². The molecule has 0 radical (unpaired) electrons. The summed E-state index contributed by atoms with van der Waals surface area (Å²) in [6.45, 7) is 4.48. The molecule has 3 nitrogen and oxygen atoms in total. The van der Waals surface area contributed by atoms with Gasteiger partial charge < -0.3 is 15.2 Å². The van der Waals surface area contributed by atoms with Crippen LogP contribution in [0.4, 0.5) is 5.69 Å². The number of aryl methyl sites for hydroxylation is 1. The van der Waals surface area contributed by atoms with Crippen LogP contribution < -0.4 is 5.32 Å². The molecule has 2 N–H and O–H groups in total. The van der Waals surface area contributed by atoms with Crippen molar-refractivity contribution < 1.29 is 9.84 Å². The summed E-state index contributed by atoms with van der Waals surface area (Å²) in [5.41, 5.74) is 1.79. The van der Waals surface area contributed by atoms with E-state index in [2.05, 4.69) is 5.32 Å². The van der Waals surface area contributed by atoms with Gasteiger partial charge in [0.2, 0.25) is 0 Å². The molecule has 0 aromatic heterocycles. The molecule has 15 heavy (non-hydrogen) atoms. The lowest BCUT2D eigenvalue weighted by Crippen LogP contribution is -2.43. The van der Waals surface area contributed by atoms with Gasteiger partial charge in [0.15, 0.2) is 0 Å². The van der Waals surface area contributed by atoms with E-state index in [0.717, 1.165) is 5.69 Å². The third-order valence-corrected chi connectivity index (χ3v) is 2.31. The van der Waals surface area contributed by atoms with Crippen LogP contribution in [0.15, 0.2) is 24.3 Å². The first-order chi connectivity index (χ1) is 7.09. The van der Waals surface area contributed by atoms with E-state index in [1.165, 1.54) is 5.56 Å². The maximum atomic E-state index is 9.29. The molecule has 0 aliphatic carbocycles. The molecule has 0 bridgehead atoms.